The number of hydrogen-bond acceptors (Lipinski definition) is 13. The second kappa shape index (κ2) is 14.9. The van der Waals surface area contributed by atoms with E-state index in [1.807, 2.05) is 0 Å². The second-order valence-electron chi connectivity index (χ2n) is 5.38. The molecule has 2 rings (SSSR count). The van der Waals surface area contributed by atoms with Crippen molar-refractivity contribution < 1.29 is 175 Å². The summed E-state index contributed by atoms with van der Waals surface area (Å²) in [7, 11) is -22.8. The number of benzene rings is 2. The summed E-state index contributed by atoms with van der Waals surface area (Å²) >= 11 is 11.0. The molecule has 0 radical (unpaired) electrons. The van der Waals surface area contributed by atoms with Crippen molar-refractivity contribution in [2.24, 2.45) is 0 Å². The van der Waals surface area contributed by atoms with Crippen LogP contribution in [0.3, 0.4) is 0 Å². The maximum Gasteiger partial charge on any atom is 1.00 e. The maximum atomic E-state index is 11.5. The molecule has 172 valence electrons. The number of halogens is 2. The molecule has 0 unspecified atom stereocenters. The van der Waals surface area contributed by atoms with Gasteiger partial charge in [-0.25, -0.2) is 33.7 Å². The summed E-state index contributed by atoms with van der Waals surface area (Å²) in [6, 6.07) is 1.17. The topological polar surface area (TPSA) is 238 Å². The summed E-state index contributed by atoms with van der Waals surface area (Å²) in [6.07, 6.45) is 0. The Labute approximate surface area is 298 Å². The van der Waals surface area contributed by atoms with Crippen molar-refractivity contribution in [3.05, 3.63) is 34.3 Å². The van der Waals surface area contributed by atoms with Crippen LogP contribution in [0.5, 0.6) is 11.5 Å². The van der Waals surface area contributed by atoms with E-state index in [0.29, 0.717) is 24.3 Å². The van der Waals surface area contributed by atoms with Crippen LogP contribution in [0.4, 0.5) is 0 Å². The quantitative estimate of drug-likeness (QED) is 0.209. The van der Waals surface area contributed by atoms with Gasteiger partial charge in [0.2, 0.25) is 0 Å². The Morgan fingerprint density at radius 3 is 0.800 bits per heavy atom. The fourth-order valence-electron chi connectivity index (χ4n) is 2.14. The van der Waals surface area contributed by atoms with Crippen LogP contribution in [0.2, 0.25) is 10.0 Å². The Balaban J connectivity index is -0.00000256. The van der Waals surface area contributed by atoms with Crippen molar-refractivity contribution in [3.8, 4) is 11.5 Å². The summed E-state index contributed by atoms with van der Waals surface area (Å²) in [4.78, 5) is -6.58. The van der Waals surface area contributed by atoms with E-state index in [4.69, 9.17) is 23.2 Å². The van der Waals surface area contributed by atoms with Crippen molar-refractivity contribution in [3.63, 3.8) is 0 Å². The molecule has 0 aromatic heterocycles. The zero-order chi connectivity index (χ0) is 24.2. The predicted molar refractivity (Wildman–Crippen MR) is 94.8 cm³/mol. The van der Waals surface area contributed by atoms with Gasteiger partial charge in [-0.05, 0) is 24.3 Å². The van der Waals surface area contributed by atoms with Crippen molar-refractivity contribution >= 4 is 63.7 Å². The average molecular weight is 647 g/mol. The maximum absolute atomic E-state index is 11.5. The number of hydrogen-bond donors (Lipinski definition) is 0. The summed E-state index contributed by atoms with van der Waals surface area (Å²) in [5.41, 5.74) is 0. The first-order valence-electron chi connectivity index (χ1n) is 6.91. The standard InChI is InChI=1S/C12H8Cl2O13S4.4Na/c13-5-1-7(28(15,16)17)11(8(2-5)29(18,19)20)27-12-9(30(21,22)23)3-6(14)4-10(12)31(24,25)26;;;;/h1-4H,(H,15,16,17)(H,18,19,20)(H,21,22,23)(H,24,25,26);;;;/q;4*+1/p-4. The van der Waals surface area contributed by atoms with E-state index in [1.165, 1.54) is 0 Å². The summed E-state index contributed by atoms with van der Waals surface area (Å²) in [5, 5.41) is -1.55. The first-order chi connectivity index (χ1) is 13.7. The van der Waals surface area contributed by atoms with E-state index < -0.39 is 81.6 Å². The molecule has 0 aliphatic carbocycles. The van der Waals surface area contributed by atoms with Crippen molar-refractivity contribution in [2.45, 2.75) is 19.6 Å². The zero-order valence-electron chi connectivity index (χ0n) is 18.0. The van der Waals surface area contributed by atoms with E-state index in [2.05, 4.69) is 4.74 Å². The van der Waals surface area contributed by atoms with Gasteiger partial charge >= 0.3 is 118 Å². The fourth-order valence-corrected chi connectivity index (χ4v) is 5.56. The average Bonchev–Trinajstić information content (AvgIpc) is 2.53. The zero-order valence-corrected chi connectivity index (χ0v) is 30.8. The van der Waals surface area contributed by atoms with E-state index in [-0.39, 0.29) is 118 Å². The van der Waals surface area contributed by atoms with Crippen LogP contribution in [0.25, 0.3) is 0 Å². The molecule has 0 spiro atoms. The van der Waals surface area contributed by atoms with Gasteiger partial charge in [0, 0.05) is 10.0 Å². The van der Waals surface area contributed by atoms with Gasteiger partial charge in [-0.1, -0.05) is 23.2 Å². The van der Waals surface area contributed by atoms with Gasteiger partial charge in [-0.15, -0.1) is 0 Å². The smallest absolute Gasteiger partial charge is 0.744 e. The van der Waals surface area contributed by atoms with Gasteiger partial charge in [-0.3, -0.25) is 0 Å². The first kappa shape index (κ1) is 41.9. The van der Waals surface area contributed by atoms with Crippen molar-refractivity contribution in [1.82, 2.24) is 0 Å². The Hall–Kier alpha value is 2.46. The monoisotopic (exact) mass is 646 g/mol. The first-order valence-corrected chi connectivity index (χ1v) is 13.3. The number of ether oxygens (including phenoxy) is 1. The minimum Gasteiger partial charge on any atom is -0.744 e. The minimum absolute atomic E-state index is 0. The Morgan fingerprint density at radius 1 is 0.486 bits per heavy atom. The largest absolute Gasteiger partial charge is 1.00 e. The molecule has 13 nitrogen and oxygen atoms in total. The molecule has 0 atom stereocenters. The minimum atomic E-state index is -5.71. The third-order valence-corrected chi connectivity index (χ3v) is 7.06. The van der Waals surface area contributed by atoms with E-state index in [1.54, 1.807) is 0 Å². The number of rotatable bonds is 6. The Bertz CT molecular complexity index is 1300. The molecule has 0 bridgehead atoms. The van der Waals surface area contributed by atoms with Gasteiger partial charge in [0.25, 0.3) is 0 Å². The predicted octanol–water partition coefficient (Wildman–Crippen LogP) is -11.6. The molecular formula is C12H4Cl2Na4O13S4. The molecule has 0 amide bonds. The molecule has 0 N–H and O–H groups in total. The SMILES string of the molecule is O=S(=O)([O-])c1cc(Cl)cc(S(=O)(=O)[O-])c1Oc1c(S(=O)(=O)[O-])cc(Cl)cc1S(=O)(=O)[O-].[Na+].[Na+].[Na+].[Na+]. The molecule has 35 heavy (non-hydrogen) atoms. The van der Waals surface area contributed by atoms with E-state index in [9.17, 15) is 51.9 Å². The Morgan fingerprint density at radius 2 is 0.657 bits per heavy atom. The normalized spacial score (nSPS) is 11.7. The fraction of sp³-hybridized carbons (Fsp3) is 0. The molecular weight excluding hydrogens is 643 g/mol. The van der Waals surface area contributed by atoms with Crippen LogP contribution in [-0.2, 0) is 40.5 Å². The molecule has 23 heteroatoms. The third kappa shape index (κ3) is 11.1. The van der Waals surface area contributed by atoms with Crippen LogP contribution in [0, 0.1) is 0 Å². The van der Waals surface area contributed by atoms with Gasteiger partial charge < -0.3 is 22.9 Å². The molecule has 0 heterocycles. The van der Waals surface area contributed by atoms with Crippen LogP contribution < -0.4 is 123 Å². The van der Waals surface area contributed by atoms with Crippen LogP contribution in [0.1, 0.15) is 0 Å². The van der Waals surface area contributed by atoms with Gasteiger partial charge in [0.15, 0.2) is 11.5 Å². The van der Waals surface area contributed by atoms with Crippen LogP contribution >= 0.6 is 23.2 Å². The molecule has 0 aliphatic heterocycles. The molecule has 0 saturated carbocycles. The van der Waals surface area contributed by atoms with E-state index in [0.717, 1.165) is 0 Å². The summed E-state index contributed by atoms with van der Waals surface area (Å²) < 4.78 is 143. The molecule has 2 aromatic rings. The second-order valence-corrected chi connectivity index (χ2v) is 11.6. The van der Waals surface area contributed by atoms with Crippen molar-refractivity contribution in [1.29, 1.82) is 0 Å². The van der Waals surface area contributed by atoms with Crippen LogP contribution in [-0.4, -0.2) is 51.9 Å². The molecule has 0 aliphatic rings. The Kier molecular flexibility index (Phi) is 17.9. The molecule has 0 saturated heterocycles. The molecule has 0 fully saturated rings. The van der Waals surface area contributed by atoms with Gasteiger partial charge in [-0.2, -0.15) is 0 Å². The van der Waals surface area contributed by atoms with Gasteiger partial charge in [0.1, 0.15) is 40.5 Å². The third-order valence-electron chi connectivity index (χ3n) is 3.25. The van der Waals surface area contributed by atoms with Crippen LogP contribution in [0.15, 0.2) is 43.8 Å². The van der Waals surface area contributed by atoms with E-state index >= 15 is 0 Å². The van der Waals surface area contributed by atoms with Crippen molar-refractivity contribution in [2.75, 3.05) is 0 Å². The van der Waals surface area contributed by atoms with Gasteiger partial charge in [0.05, 0.1) is 19.6 Å². The molecule has 2 aromatic carbocycles. The summed E-state index contributed by atoms with van der Waals surface area (Å²) in [6.45, 7) is 0. The summed E-state index contributed by atoms with van der Waals surface area (Å²) in [5.74, 6) is -3.40.